The molecule has 1 aromatic rings. The summed E-state index contributed by atoms with van der Waals surface area (Å²) in [6.45, 7) is 6.68. The molecule has 1 aliphatic carbocycles. The number of likely N-dealkylation sites (tertiary alicyclic amines) is 1. The molecule has 8 heteroatoms. The van der Waals surface area contributed by atoms with E-state index in [2.05, 4.69) is 16.0 Å². The van der Waals surface area contributed by atoms with Gasteiger partial charge in [0.1, 0.15) is 5.60 Å². The molecule has 0 bridgehead atoms. The molecule has 3 N–H and O–H groups in total. The van der Waals surface area contributed by atoms with Crippen LogP contribution < -0.4 is 16.0 Å². The lowest BCUT2D eigenvalue weighted by atomic mass is 9.95. The number of nitrogens with one attached hydrogen (secondary N) is 3. The summed E-state index contributed by atoms with van der Waals surface area (Å²) in [5.41, 5.74) is 0.515. The number of nitrogens with zero attached hydrogens (tertiary/aromatic N) is 1. The van der Waals surface area contributed by atoms with Gasteiger partial charge in [0.2, 0.25) is 0 Å². The van der Waals surface area contributed by atoms with Gasteiger partial charge in [-0.15, -0.1) is 0 Å². The summed E-state index contributed by atoms with van der Waals surface area (Å²) in [5, 5.41) is 8.87. The standard InChI is InChI=1S/C24H36N4O4/c1-24(2,3)32-23(31)27-19-11-9-17(10-12-19)21(29)25-20-13-15-28(16-14-20)22(30)26-18-7-5-4-6-8-18/h9-12,18,20H,4-8,13-16H2,1-3H3,(H,25,29)(H,26,30)(H,27,31). The van der Waals surface area contributed by atoms with Gasteiger partial charge in [-0.1, -0.05) is 19.3 Å². The SMILES string of the molecule is CC(C)(C)OC(=O)Nc1ccc(C(=O)NC2CCN(C(=O)NC3CCCCC3)CC2)cc1. The molecule has 8 nitrogen and oxygen atoms in total. The minimum absolute atomic E-state index is 0.0229. The van der Waals surface area contributed by atoms with E-state index in [1.807, 2.05) is 4.90 Å². The molecule has 1 aliphatic heterocycles. The zero-order valence-corrected chi connectivity index (χ0v) is 19.4. The lowest BCUT2D eigenvalue weighted by Gasteiger charge is -2.34. The van der Waals surface area contributed by atoms with Crippen LogP contribution in [0, 0.1) is 0 Å². The Morgan fingerprint density at radius 3 is 2.06 bits per heavy atom. The second-order valence-corrected chi connectivity index (χ2v) is 9.72. The second kappa shape index (κ2) is 10.7. The van der Waals surface area contributed by atoms with E-state index in [-0.39, 0.29) is 18.0 Å². The van der Waals surface area contributed by atoms with Gasteiger partial charge < -0.3 is 20.3 Å². The van der Waals surface area contributed by atoms with Crippen molar-refractivity contribution in [3.63, 3.8) is 0 Å². The lowest BCUT2D eigenvalue weighted by molar-refractivity contribution is 0.0635. The van der Waals surface area contributed by atoms with Gasteiger partial charge in [-0.2, -0.15) is 0 Å². The fourth-order valence-electron chi connectivity index (χ4n) is 4.13. The summed E-state index contributed by atoms with van der Waals surface area (Å²) in [6.07, 6.45) is 6.74. The van der Waals surface area contributed by atoms with Crippen LogP contribution in [0.5, 0.6) is 0 Å². The highest BCUT2D eigenvalue weighted by Gasteiger charge is 2.26. The number of hydrogen-bond acceptors (Lipinski definition) is 4. The van der Waals surface area contributed by atoms with Crippen molar-refractivity contribution >= 4 is 23.7 Å². The fourth-order valence-corrected chi connectivity index (χ4v) is 4.13. The smallest absolute Gasteiger partial charge is 0.412 e. The average Bonchev–Trinajstić information content (AvgIpc) is 2.74. The highest BCUT2D eigenvalue weighted by Crippen LogP contribution is 2.19. The number of amides is 4. The minimum Gasteiger partial charge on any atom is -0.444 e. The molecule has 1 saturated heterocycles. The molecule has 3 rings (SSSR count). The first-order valence-electron chi connectivity index (χ1n) is 11.7. The first-order chi connectivity index (χ1) is 15.2. The van der Waals surface area contributed by atoms with Crippen molar-refractivity contribution in [1.29, 1.82) is 0 Å². The van der Waals surface area contributed by atoms with E-state index in [1.54, 1.807) is 45.0 Å². The van der Waals surface area contributed by atoms with E-state index in [0.29, 0.717) is 30.4 Å². The number of carbonyl (C=O) groups is 3. The molecule has 1 heterocycles. The van der Waals surface area contributed by atoms with Gasteiger partial charge in [0, 0.05) is 36.4 Å². The third-order valence-corrected chi connectivity index (χ3v) is 5.84. The molecule has 2 aliphatic rings. The van der Waals surface area contributed by atoms with E-state index in [1.165, 1.54) is 19.3 Å². The lowest BCUT2D eigenvalue weighted by Crippen LogP contribution is -2.51. The number of rotatable bonds is 4. The largest absolute Gasteiger partial charge is 0.444 e. The Morgan fingerprint density at radius 2 is 1.47 bits per heavy atom. The van der Waals surface area contributed by atoms with Gasteiger partial charge in [0.05, 0.1) is 0 Å². The summed E-state index contributed by atoms with van der Waals surface area (Å²) < 4.78 is 5.23. The van der Waals surface area contributed by atoms with Crippen LogP contribution in [0.1, 0.15) is 76.1 Å². The average molecular weight is 445 g/mol. The van der Waals surface area contributed by atoms with Crippen molar-refractivity contribution < 1.29 is 19.1 Å². The number of ether oxygens (including phenoxy) is 1. The Labute approximate surface area is 190 Å². The number of carbonyl (C=O) groups excluding carboxylic acids is 3. The molecule has 4 amide bonds. The van der Waals surface area contributed by atoms with Crippen LogP contribution in [0.25, 0.3) is 0 Å². The van der Waals surface area contributed by atoms with Gasteiger partial charge in [-0.3, -0.25) is 10.1 Å². The Kier molecular flexibility index (Phi) is 7.99. The van der Waals surface area contributed by atoms with E-state index >= 15 is 0 Å². The van der Waals surface area contributed by atoms with Crippen molar-refractivity contribution in [2.24, 2.45) is 0 Å². The van der Waals surface area contributed by atoms with Crippen LogP contribution in [0.15, 0.2) is 24.3 Å². The van der Waals surface area contributed by atoms with Crippen molar-refractivity contribution in [2.45, 2.75) is 83.4 Å². The van der Waals surface area contributed by atoms with Gasteiger partial charge >= 0.3 is 12.1 Å². The molecule has 0 atom stereocenters. The molecule has 0 spiro atoms. The molecule has 0 aromatic heterocycles. The van der Waals surface area contributed by atoms with Crippen molar-refractivity contribution in [1.82, 2.24) is 15.5 Å². The van der Waals surface area contributed by atoms with E-state index in [0.717, 1.165) is 25.7 Å². The Morgan fingerprint density at radius 1 is 0.875 bits per heavy atom. The molecule has 32 heavy (non-hydrogen) atoms. The summed E-state index contributed by atoms with van der Waals surface area (Å²) >= 11 is 0. The molecule has 1 aromatic carbocycles. The van der Waals surface area contributed by atoms with E-state index < -0.39 is 11.7 Å². The Hall–Kier alpha value is -2.77. The van der Waals surface area contributed by atoms with Crippen LogP contribution in [0.4, 0.5) is 15.3 Å². The van der Waals surface area contributed by atoms with Crippen molar-refractivity contribution in [3.8, 4) is 0 Å². The highest BCUT2D eigenvalue weighted by molar-refractivity contribution is 5.95. The van der Waals surface area contributed by atoms with E-state index in [9.17, 15) is 14.4 Å². The maximum Gasteiger partial charge on any atom is 0.412 e. The van der Waals surface area contributed by atoms with Crippen LogP contribution in [0.2, 0.25) is 0 Å². The topological polar surface area (TPSA) is 99.8 Å². The second-order valence-electron chi connectivity index (χ2n) is 9.72. The fraction of sp³-hybridized carbons (Fsp3) is 0.625. The number of benzene rings is 1. The van der Waals surface area contributed by atoms with Gasteiger partial charge in [0.25, 0.3) is 5.91 Å². The zero-order chi connectivity index (χ0) is 23.1. The summed E-state index contributed by atoms with van der Waals surface area (Å²) in [5.74, 6) is -0.154. The van der Waals surface area contributed by atoms with Gasteiger partial charge in [-0.25, -0.2) is 9.59 Å². The van der Waals surface area contributed by atoms with Crippen LogP contribution in [-0.4, -0.2) is 53.7 Å². The zero-order valence-electron chi connectivity index (χ0n) is 19.4. The Bertz CT molecular complexity index is 789. The molecule has 2 fully saturated rings. The van der Waals surface area contributed by atoms with Gasteiger partial charge in [-0.05, 0) is 70.7 Å². The number of piperidine rings is 1. The first-order valence-corrected chi connectivity index (χ1v) is 11.7. The third kappa shape index (κ3) is 7.43. The predicted molar refractivity (Wildman–Crippen MR) is 124 cm³/mol. The van der Waals surface area contributed by atoms with Crippen molar-refractivity contribution in [3.05, 3.63) is 29.8 Å². The minimum atomic E-state index is -0.573. The maximum absolute atomic E-state index is 12.6. The summed E-state index contributed by atoms with van der Waals surface area (Å²) in [6, 6.07) is 7.08. The highest BCUT2D eigenvalue weighted by atomic mass is 16.6. The summed E-state index contributed by atoms with van der Waals surface area (Å²) in [7, 11) is 0. The predicted octanol–water partition coefficient (Wildman–Crippen LogP) is 4.27. The van der Waals surface area contributed by atoms with Crippen LogP contribution in [0.3, 0.4) is 0 Å². The normalized spacial score (nSPS) is 18.0. The number of hydrogen-bond donors (Lipinski definition) is 3. The molecule has 176 valence electrons. The first kappa shape index (κ1) is 23.9. The molecule has 1 saturated carbocycles. The summed E-state index contributed by atoms with van der Waals surface area (Å²) in [4.78, 5) is 38.8. The Balaban J connectivity index is 1.41. The quantitative estimate of drug-likeness (QED) is 0.646. The number of anilines is 1. The van der Waals surface area contributed by atoms with E-state index in [4.69, 9.17) is 4.74 Å². The third-order valence-electron chi connectivity index (χ3n) is 5.84. The van der Waals surface area contributed by atoms with Crippen LogP contribution >= 0.6 is 0 Å². The molecule has 0 radical (unpaired) electrons. The number of urea groups is 1. The van der Waals surface area contributed by atoms with Gasteiger partial charge in [0.15, 0.2) is 0 Å². The van der Waals surface area contributed by atoms with Crippen LogP contribution in [-0.2, 0) is 4.74 Å². The molecule has 0 unspecified atom stereocenters. The van der Waals surface area contributed by atoms with Crippen molar-refractivity contribution in [2.75, 3.05) is 18.4 Å². The molecular formula is C24H36N4O4. The molecular weight excluding hydrogens is 408 g/mol. The maximum atomic E-state index is 12.6. The monoisotopic (exact) mass is 444 g/mol.